The van der Waals surface area contributed by atoms with Crippen LogP contribution in [0.4, 0.5) is 10.8 Å². The first-order valence-corrected chi connectivity index (χ1v) is 14.6. The summed E-state index contributed by atoms with van der Waals surface area (Å²) < 4.78 is 0.500. The zero-order valence-electron chi connectivity index (χ0n) is 21.5. The number of nitro benzene ring substituents is 1. The van der Waals surface area contributed by atoms with Crippen LogP contribution in [0, 0.1) is 24.0 Å². The molecule has 1 N–H and O–H groups in total. The Morgan fingerprint density at radius 1 is 1.10 bits per heavy atom. The minimum Gasteiger partial charge on any atom is -0.507 e. The fourth-order valence-electron chi connectivity index (χ4n) is 4.43. The molecule has 13 heteroatoms. The second-order valence-corrected chi connectivity index (χ2v) is 12.2. The van der Waals surface area contributed by atoms with Gasteiger partial charge in [0.05, 0.1) is 16.5 Å². The maximum Gasteiger partial charge on any atom is 0.301 e. The number of non-ortho nitro benzene ring substituents is 1. The van der Waals surface area contributed by atoms with Gasteiger partial charge in [-0.25, -0.2) is 0 Å². The molecule has 3 aromatic carbocycles. The maximum absolute atomic E-state index is 13.5. The summed E-state index contributed by atoms with van der Waals surface area (Å²) in [7, 11) is 0. The number of ketones is 1. The highest BCUT2D eigenvalue weighted by Crippen LogP contribution is 2.45. The summed E-state index contributed by atoms with van der Waals surface area (Å²) in [5.41, 5.74) is 2.57. The zero-order valence-corrected chi connectivity index (χ0v) is 24.6. The van der Waals surface area contributed by atoms with Crippen LogP contribution in [0.15, 0.2) is 70.6 Å². The first kappa shape index (κ1) is 28.7. The molecule has 0 spiro atoms. The summed E-state index contributed by atoms with van der Waals surface area (Å²) in [6.07, 6.45) is 0. The van der Waals surface area contributed by atoms with Gasteiger partial charge in [-0.15, -0.1) is 10.2 Å². The Hall–Kier alpha value is -3.77. The Kier molecular flexibility index (Phi) is 8.14. The predicted molar refractivity (Wildman–Crippen MR) is 160 cm³/mol. The van der Waals surface area contributed by atoms with Crippen molar-refractivity contribution in [3.63, 3.8) is 0 Å². The average molecular weight is 628 g/mol. The van der Waals surface area contributed by atoms with Gasteiger partial charge in [0.2, 0.25) is 5.13 Å². The Morgan fingerprint density at radius 2 is 1.88 bits per heavy atom. The monoisotopic (exact) mass is 626 g/mol. The highest BCUT2D eigenvalue weighted by atomic mass is 35.5. The smallest absolute Gasteiger partial charge is 0.301 e. The zero-order chi connectivity index (χ0) is 29.4. The van der Waals surface area contributed by atoms with Gasteiger partial charge in [-0.3, -0.25) is 24.6 Å². The lowest BCUT2D eigenvalue weighted by Gasteiger charge is -2.22. The van der Waals surface area contributed by atoms with Crippen molar-refractivity contribution in [2.45, 2.75) is 30.0 Å². The van der Waals surface area contributed by atoms with Gasteiger partial charge in [0.25, 0.3) is 11.5 Å². The molecule has 1 aromatic heterocycles. The van der Waals surface area contributed by atoms with Crippen LogP contribution in [0.2, 0.25) is 10.0 Å². The van der Waals surface area contributed by atoms with Crippen molar-refractivity contribution in [2.24, 2.45) is 0 Å². The number of carbonyl (C=O) groups is 2. The third kappa shape index (κ3) is 5.71. The number of hydrogen-bond donors (Lipinski definition) is 1. The molecule has 1 fully saturated rings. The van der Waals surface area contributed by atoms with Crippen molar-refractivity contribution in [3.05, 3.63) is 114 Å². The maximum atomic E-state index is 13.5. The second kappa shape index (κ2) is 11.6. The van der Waals surface area contributed by atoms with Crippen molar-refractivity contribution in [1.29, 1.82) is 0 Å². The van der Waals surface area contributed by atoms with Crippen LogP contribution in [0.1, 0.15) is 33.9 Å². The summed E-state index contributed by atoms with van der Waals surface area (Å²) >= 11 is 14.7. The predicted octanol–water partition coefficient (Wildman–Crippen LogP) is 7.29. The number of benzene rings is 3. The van der Waals surface area contributed by atoms with Crippen LogP contribution in [0.5, 0.6) is 0 Å². The van der Waals surface area contributed by atoms with E-state index in [1.54, 1.807) is 43.3 Å². The van der Waals surface area contributed by atoms with Gasteiger partial charge in [-0.1, -0.05) is 82.2 Å². The molecule has 1 amide bonds. The second-order valence-electron chi connectivity index (χ2n) is 9.21. The third-order valence-corrected chi connectivity index (χ3v) is 9.15. The van der Waals surface area contributed by atoms with E-state index in [-0.39, 0.29) is 27.7 Å². The summed E-state index contributed by atoms with van der Waals surface area (Å²) in [4.78, 5) is 39.1. The van der Waals surface area contributed by atoms with Gasteiger partial charge in [0, 0.05) is 33.5 Å². The minimum atomic E-state index is -1.17. The highest BCUT2D eigenvalue weighted by molar-refractivity contribution is 8.00. The van der Waals surface area contributed by atoms with E-state index in [2.05, 4.69) is 10.2 Å². The number of aromatic nitrogens is 2. The van der Waals surface area contributed by atoms with Crippen LogP contribution >= 0.6 is 46.3 Å². The molecule has 4 aromatic rings. The quantitative estimate of drug-likeness (QED) is 0.0431. The Bertz CT molecular complexity index is 1760. The molecule has 1 saturated heterocycles. The molecule has 2 heterocycles. The summed E-state index contributed by atoms with van der Waals surface area (Å²) in [6, 6.07) is 15.0. The molecule has 1 aliphatic heterocycles. The molecule has 0 saturated carbocycles. The van der Waals surface area contributed by atoms with E-state index in [9.17, 15) is 24.8 Å². The van der Waals surface area contributed by atoms with Gasteiger partial charge < -0.3 is 5.11 Å². The molecular formula is C28H20Cl2N4O5S2. The van der Waals surface area contributed by atoms with Crippen molar-refractivity contribution < 1.29 is 19.6 Å². The fraction of sp³-hybridized carbons (Fsp3) is 0.143. The molecule has 1 aliphatic rings. The Balaban J connectivity index is 1.59. The van der Waals surface area contributed by atoms with E-state index < -0.39 is 22.7 Å². The fourth-order valence-corrected chi connectivity index (χ4v) is 6.85. The number of thioether (sulfide) groups is 1. The normalized spacial score (nSPS) is 16.4. The van der Waals surface area contributed by atoms with Crippen molar-refractivity contribution in [1.82, 2.24) is 10.2 Å². The lowest BCUT2D eigenvalue weighted by Crippen LogP contribution is -2.29. The number of rotatable bonds is 7. The molecule has 1 atom stereocenters. The number of aryl methyl sites for hydroxylation is 2. The molecule has 9 nitrogen and oxygen atoms in total. The Morgan fingerprint density at radius 3 is 2.61 bits per heavy atom. The number of aliphatic hydroxyl groups excluding tert-OH is 1. The van der Waals surface area contributed by atoms with Crippen LogP contribution < -0.4 is 4.90 Å². The summed E-state index contributed by atoms with van der Waals surface area (Å²) in [6.45, 7) is 3.61. The molecule has 1 unspecified atom stereocenters. The molecule has 5 rings (SSSR count). The lowest BCUT2D eigenvalue weighted by molar-refractivity contribution is -0.384. The van der Waals surface area contributed by atoms with Gasteiger partial charge >= 0.3 is 5.91 Å². The number of aliphatic hydroxyl groups is 1. The third-order valence-electron chi connectivity index (χ3n) is 6.46. The average Bonchev–Trinajstić information content (AvgIpc) is 3.51. The van der Waals surface area contributed by atoms with E-state index in [0.29, 0.717) is 31.3 Å². The van der Waals surface area contributed by atoms with Crippen molar-refractivity contribution >= 4 is 74.6 Å². The minimum absolute atomic E-state index is 0.105. The summed E-state index contributed by atoms with van der Waals surface area (Å²) in [5.74, 6) is -1.79. The topological polar surface area (TPSA) is 127 Å². The lowest BCUT2D eigenvalue weighted by atomic mass is 9.93. The molecule has 0 aliphatic carbocycles. The molecule has 0 radical (unpaired) electrons. The van der Waals surface area contributed by atoms with Crippen LogP contribution in [-0.4, -0.2) is 31.9 Å². The van der Waals surface area contributed by atoms with Crippen LogP contribution in [-0.2, 0) is 15.3 Å². The molecule has 41 heavy (non-hydrogen) atoms. The van der Waals surface area contributed by atoms with E-state index >= 15 is 0 Å². The number of Topliss-reactive ketones (excluding diaryl/α,β-unsaturated/α-hetero) is 1. The number of nitro groups is 1. The number of carbonyl (C=O) groups excluding carboxylic acids is 2. The van der Waals surface area contributed by atoms with Gasteiger partial charge in [-0.05, 0) is 48.7 Å². The number of amides is 1. The SMILES string of the molecule is Cc1ccc(C)c(/C(O)=C2\C(=O)C(=O)N(c3nnc(SCc4ccc(Cl)cc4Cl)s3)C2c2cccc([N+](=O)[O-])c2)c1. The number of nitrogens with zero attached hydrogens (tertiary/aromatic N) is 4. The number of halogens is 2. The van der Waals surface area contributed by atoms with Gasteiger partial charge in [0.15, 0.2) is 4.34 Å². The molecule has 0 bridgehead atoms. The van der Waals surface area contributed by atoms with Crippen LogP contribution in [0.3, 0.4) is 0 Å². The Labute approximate surface area is 252 Å². The van der Waals surface area contributed by atoms with Crippen molar-refractivity contribution in [3.8, 4) is 0 Å². The molecule has 208 valence electrons. The first-order chi connectivity index (χ1) is 19.5. The van der Waals surface area contributed by atoms with Crippen molar-refractivity contribution in [2.75, 3.05) is 4.90 Å². The summed E-state index contributed by atoms with van der Waals surface area (Å²) in [5, 5.41) is 32.5. The van der Waals surface area contributed by atoms with E-state index in [1.807, 2.05) is 13.0 Å². The van der Waals surface area contributed by atoms with Gasteiger partial charge in [-0.2, -0.15) is 0 Å². The number of anilines is 1. The van der Waals surface area contributed by atoms with E-state index in [1.165, 1.54) is 30.0 Å². The van der Waals surface area contributed by atoms with E-state index in [4.69, 9.17) is 23.2 Å². The van der Waals surface area contributed by atoms with E-state index in [0.717, 1.165) is 27.4 Å². The standard InChI is InChI=1S/C28H20Cl2N4O5S2/c1-14-6-7-15(2)20(10-14)24(35)22-23(16-4-3-5-19(11-16)34(38)39)33(26(37)25(22)36)27-31-32-28(41-27)40-13-17-8-9-18(29)12-21(17)30/h3-12,23,35H,13H2,1-2H3/b24-22+. The molecular weight excluding hydrogens is 607 g/mol. The number of hydrogen-bond acceptors (Lipinski definition) is 9. The van der Waals surface area contributed by atoms with Crippen LogP contribution in [0.25, 0.3) is 5.76 Å². The highest BCUT2D eigenvalue weighted by Gasteiger charge is 2.48. The largest absolute Gasteiger partial charge is 0.507 e. The first-order valence-electron chi connectivity index (χ1n) is 12.1. The van der Waals surface area contributed by atoms with Gasteiger partial charge in [0.1, 0.15) is 5.76 Å².